The number of aryl methyl sites for hydroxylation is 1. The average molecular weight is 179 g/mol. The van der Waals surface area contributed by atoms with Crippen LogP contribution >= 0.6 is 0 Å². The Morgan fingerprint density at radius 1 is 1.62 bits per heavy atom. The average Bonchev–Trinajstić information content (AvgIpc) is 2.09. The van der Waals surface area contributed by atoms with E-state index in [4.69, 9.17) is 5.73 Å². The fraction of sp³-hybridized carbons (Fsp3) is 0.333. The summed E-state index contributed by atoms with van der Waals surface area (Å²) in [4.78, 5) is 15.3. The Bertz CT molecular complexity index is 354. The van der Waals surface area contributed by atoms with Crippen LogP contribution in [-0.2, 0) is 6.54 Å². The Morgan fingerprint density at radius 2 is 2.38 bits per heavy atom. The maximum Gasteiger partial charge on any atom is 0.253 e. The van der Waals surface area contributed by atoms with Crippen molar-refractivity contribution in [2.24, 2.45) is 5.73 Å². The van der Waals surface area contributed by atoms with Crippen LogP contribution in [0, 0.1) is 6.92 Å². The lowest BCUT2D eigenvalue weighted by molar-refractivity contribution is 0.745. The summed E-state index contributed by atoms with van der Waals surface area (Å²) in [5.41, 5.74) is 5.97. The van der Waals surface area contributed by atoms with Crippen LogP contribution in [0.3, 0.4) is 0 Å². The van der Waals surface area contributed by atoms with Gasteiger partial charge in [0, 0.05) is 24.8 Å². The van der Waals surface area contributed by atoms with Crippen molar-refractivity contribution in [3.05, 3.63) is 40.6 Å². The number of allylic oxidation sites excluding steroid dienone is 1. The fourth-order valence-electron chi connectivity index (χ4n) is 0.938. The molecule has 70 valence electrons. The second kappa shape index (κ2) is 4.57. The van der Waals surface area contributed by atoms with E-state index in [1.807, 2.05) is 12.2 Å². The van der Waals surface area contributed by atoms with Crippen molar-refractivity contribution < 1.29 is 0 Å². The molecule has 1 aromatic heterocycles. The monoisotopic (exact) mass is 179 g/mol. The van der Waals surface area contributed by atoms with Gasteiger partial charge in [0.1, 0.15) is 0 Å². The maximum atomic E-state index is 11.3. The van der Waals surface area contributed by atoms with Crippen LogP contribution in [0.1, 0.15) is 5.69 Å². The summed E-state index contributed by atoms with van der Waals surface area (Å²) in [6, 6.07) is 1.51. The molecule has 2 N–H and O–H groups in total. The molecule has 13 heavy (non-hydrogen) atoms. The zero-order valence-electron chi connectivity index (χ0n) is 7.60. The minimum absolute atomic E-state index is 0.0332. The van der Waals surface area contributed by atoms with Gasteiger partial charge in [0.05, 0.1) is 6.33 Å². The molecule has 0 aliphatic carbocycles. The molecule has 0 saturated heterocycles. The zero-order valence-corrected chi connectivity index (χ0v) is 7.60. The Balaban J connectivity index is 2.78. The van der Waals surface area contributed by atoms with Gasteiger partial charge >= 0.3 is 0 Å². The molecule has 0 aromatic carbocycles. The summed E-state index contributed by atoms with van der Waals surface area (Å²) in [6.07, 6.45) is 5.20. The summed E-state index contributed by atoms with van der Waals surface area (Å²) in [6.45, 7) is 2.82. The lowest BCUT2D eigenvalue weighted by Gasteiger charge is -1.99. The quantitative estimate of drug-likeness (QED) is 0.668. The standard InChI is InChI=1S/C9H13N3O/c1-8-6-9(13)12(7-11-8)5-3-2-4-10/h2-3,6-7H,4-5,10H2,1H3/b3-2+. The Hall–Kier alpha value is -1.42. The highest BCUT2D eigenvalue weighted by Crippen LogP contribution is 1.85. The molecule has 0 radical (unpaired) electrons. The third kappa shape index (κ3) is 2.83. The van der Waals surface area contributed by atoms with Crippen LogP contribution in [0.4, 0.5) is 0 Å². The molecule has 1 aromatic rings. The highest BCUT2D eigenvalue weighted by Gasteiger charge is 1.93. The first-order chi connectivity index (χ1) is 6.24. The smallest absolute Gasteiger partial charge is 0.253 e. The summed E-state index contributed by atoms with van der Waals surface area (Å²) >= 11 is 0. The number of hydrogen-bond donors (Lipinski definition) is 1. The number of aromatic nitrogens is 2. The molecule has 4 nitrogen and oxygen atoms in total. The molecular weight excluding hydrogens is 166 g/mol. The van der Waals surface area contributed by atoms with Crippen LogP contribution in [-0.4, -0.2) is 16.1 Å². The van der Waals surface area contributed by atoms with E-state index in [9.17, 15) is 4.79 Å². The van der Waals surface area contributed by atoms with Crippen molar-refractivity contribution in [1.29, 1.82) is 0 Å². The second-order valence-electron chi connectivity index (χ2n) is 2.73. The van der Waals surface area contributed by atoms with E-state index in [1.165, 1.54) is 10.6 Å². The predicted molar refractivity (Wildman–Crippen MR) is 51.4 cm³/mol. The molecule has 0 fully saturated rings. The summed E-state index contributed by atoms with van der Waals surface area (Å²) in [5.74, 6) is 0. The van der Waals surface area contributed by atoms with Gasteiger partial charge in [0.2, 0.25) is 0 Å². The summed E-state index contributed by atoms with van der Waals surface area (Å²) in [5, 5.41) is 0. The number of nitrogens with zero attached hydrogens (tertiary/aromatic N) is 2. The Morgan fingerprint density at radius 3 is 3.00 bits per heavy atom. The Kier molecular flexibility index (Phi) is 3.40. The van der Waals surface area contributed by atoms with Crippen LogP contribution < -0.4 is 11.3 Å². The second-order valence-corrected chi connectivity index (χ2v) is 2.73. The summed E-state index contributed by atoms with van der Waals surface area (Å²) in [7, 11) is 0. The Labute approximate surface area is 76.7 Å². The molecule has 0 unspecified atom stereocenters. The van der Waals surface area contributed by atoms with Crippen LogP contribution in [0.15, 0.2) is 29.3 Å². The van der Waals surface area contributed by atoms with Crippen molar-refractivity contribution in [2.75, 3.05) is 6.54 Å². The SMILES string of the molecule is Cc1cc(=O)n(C/C=C/CN)cn1. The highest BCUT2D eigenvalue weighted by atomic mass is 16.1. The molecule has 4 heteroatoms. The van der Waals surface area contributed by atoms with E-state index < -0.39 is 0 Å². The minimum atomic E-state index is -0.0332. The lowest BCUT2D eigenvalue weighted by atomic mass is 10.4. The van der Waals surface area contributed by atoms with Crippen molar-refractivity contribution >= 4 is 0 Å². The van der Waals surface area contributed by atoms with E-state index in [0.717, 1.165) is 5.69 Å². The maximum absolute atomic E-state index is 11.3. The third-order valence-electron chi connectivity index (χ3n) is 1.62. The van der Waals surface area contributed by atoms with Gasteiger partial charge < -0.3 is 5.73 Å². The van der Waals surface area contributed by atoms with Crippen LogP contribution in [0.25, 0.3) is 0 Å². The first kappa shape index (κ1) is 9.67. The van der Waals surface area contributed by atoms with Crippen LogP contribution in [0.5, 0.6) is 0 Å². The van der Waals surface area contributed by atoms with E-state index in [1.54, 1.807) is 13.3 Å². The van der Waals surface area contributed by atoms with Gasteiger partial charge in [-0.05, 0) is 6.92 Å². The number of rotatable bonds is 3. The molecule has 1 rings (SSSR count). The fourth-order valence-corrected chi connectivity index (χ4v) is 0.938. The van der Waals surface area contributed by atoms with Gasteiger partial charge in [-0.25, -0.2) is 4.98 Å². The largest absolute Gasteiger partial charge is 0.327 e. The lowest BCUT2D eigenvalue weighted by Crippen LogP contribution is -2.19. The van der Waals surface area contributed by atoms with Crippen molar-refractivity contribution in [1.82, 2.24) is 9.55 Å². The predicted octanol–water partition coefficient (Wildman–Crippen LogP) is 0.0666. The van der Waals surface area contributed by atoms with Gasteiger partial charge in [-0.15, -0.1) is 0 Å². The van der Waals surface area contributed by atoms with E-state index in [0.29, 0.717) is 13.1 Å². The van der Waals surface area contributed by atoms with Gasteiger partial charge in [-0.3, -0.25) is 9.36 Å². The third-order valence-corrected chi connectivity index (χ3v) is 1.62. The van der Waals surface area contributed by atoms with Crippen molar-refractivity contribution in [2.45, 2.75) is 13.5 Å². The van der Waals surface area contributed by atoms with E-state index >= 15 is 0 Å². The molecule has 0 saturated carbocycles. The summed E-state index contributed by atoms with van der Waals surface area (Å²) < 4.78 is 1.53. The molecule has 1 heterocycles. The topological polar surface area (TPSA) is 60.9 Å². The molecule has 0 spiro atoms. The zero-order chi connectivity index (χ0) is 9.68. The van der Waals surface area contributed by atoms with Crippen molar-refractivity contribution in [3.63, 3.8) is 0 Å². The number of nitrogens with two attached hydrogens (primary N) is 1. The molecule has 0 aliphatic rings. The van der Waals surface area contributed by atoms with Crippen molar-refractivity contribution in [3.8, 4) is 0 Å². The normalized spacial score (nSPS) is 10.9. The van der Waals surface area contributed by atoms with Gasteiger partial charge in [0.25, 0.3) is 5.56 Å². The molecule has 0 amide bonds. The molecular formula is C9H13N3O. The van der Waals surface area contributed by atoms with Gasteiger partial charge in [-0.1, -0.05) is 12.2 Å². The molecule has 0 atom stereocenters. The first-order valence-corrected chi connectivity index (χ1v) is 4.12. The van der Waals surface area contributed by atoms with Gasteiger partial charge in [0.15, 0.2) is 0 Å². The minimum Gasteiger partial charge on any atom is -0.327 e. The van der Waals surface area contributed by atoms with E-state index in [-0.39, 0.29) is 5.56 Å². The van der Waals surface area contributed by atoms with Gasteiger partial charge in [-0.2, -0.15) is 0 Å². The molecule has 0 bridgehead atoms. The number of hydrogen-bond acceptors (Lipinski definition) is 3. The van der Waals surface area contributed by atoms with E-state index in [2.05, 4.69) is 4.98 Å². The van der Waals surface area contributed by atoms with Crippen LogP contribution in [0.2, 0.25) is 0 Å². The first-order valence-electron chi connectivity index (χ1n) is 4.12. The molecule has 0 aliphatic heterocycles. The highest BCUT2D eigenvalue weighted by molar-refractivity contribution is 4.97.